The summed E-state index contributed by atoms with van der Waals surface area (Å²) in [5.41, 5.74) is 1.02. The fourth-order valence-electron chi connectivity index (χ4n) is 2.68. The van der Waals surface area contributed by atoms with Crippen LogP contribution in [0.3, 0.4) is 0 Å². The Morgan fingerprint density at radius 2 is 2.23 bits per heavy atom. The van der Waals surface area contributed by atoms with E-state index in [1.165, 1.54) is 6.07 Å². The highest BCUT2D eigenvalue weighted by molar-refractivity contribution is 14.0. The summed E-state index contributed by atoms with van der Waals surface area (Å²) in [6.45, 7) is 6.68. The third-order valence-electron chi connectivity index (χ3n) is 3.98. The molecule has 1 aromatic rings. The molecule has 1 aromatic carbocycles. The van der Waals surface area contributed by atoms with Crippen molar-refractivity contribution in [2.45, 2.75) is 38.7 Å². The monoisotopic (exact) mass is 479 g/mol. The Morgan fingerprint density at radius 1 is 1.35 bits per heavy atom. The second kappa shape index (κ2) is 14.2. The normalized spacial score (nSPS) is 17.0. The summed E-state index contributed by atoms with van der Waals surface area (Å²) in [5, 5.41) is 6.56. The van der Waals surface area contributed by atoms with Crippen LogP contribution in [0.2, 0.25) is 0 Å². The molecular weight excluding hydrogens is 448 g/mol. The molecule has 148 valence electrons. The number of ether oxygens (including phenoxy) is 2. The van der Waals surface area contributed by atoms with Crippen LogP contribution in [0.5, 0.6) is 0 Å². The molecule has 5 nitrogen and oxygen atoms in total. The molecule has 0 spiro atoms. The van der Waals surface area contributed by atoms with Gasteiger partial charge < -0.3 is 20.1 Å². The number of halogens is 2. The summed E-state index contributed by atoms with van der Waals surface area (Å²) < 4.78 is 24.2. The lowest BCUT2D eigenvalue weighted by Gasteiger charge is -2.13. The van der Waals surface area contributed by atoms with Gasteiger partial charge in [0, 0.05) is 32.8 Å². The summed E-state index contributed by atoms with van der Waals surface area (Å²) in [5.74, 6) is 0.647. The van der Waals surface area contributed by atoms with Gasteiger partial charge in [-0.2, -0.15) is 0 Å². The molecule has 0 aromatic heterocycles. The second-order valence-corrected chi connectivity index (χ2v) is 6.13. The molecule has 1 atom stereocenters. The van der Waals surface area contributed by atoms with E-state index >= 15 is 0 Å². The second-order valence-electron chi connectivity index (χ2n) is 6.13. The Morgan fingerprint density at radius 3 is 2.96 bits per heavy atom. The largest absolute Gasteiger partial charge is 0.379 e. The molecule has 1 unspecified atom stereocenters. The Hall–Kier alpha value is -0.930. The van der Waals surface area contributed by atoms with E-state index in [0.29, 0.717) is 6.54 Å². The zero-order valence-electron chi connectivity index (χ0n) is 15.5. The highest BCUT2D eigenvalue weighted by Gasteiger charge is 2.15. The van der Waals surface area contributed by atoms with E-state index < -0.39 is 0 Å². The standard InChI is InChI=1S/C19H30FN3O2.HI/c1-2-21-19(23-11-5-12-25-18-9-13-24-15-18)22-10-4-7-16-6-3-8-17(20)14-16;/h3,6,8,14,18H,2,4-5,7,9-13,15H2,1H3,(H2,21,22,23);1H. The van der Waals surface area contributed by atoms with Crippen LogP contribution in [0.25, 0.3) is 0 Å². The summed E-state index contributed by atoms with van der Waals surface area (Å²) in [6.07, 6.45) is 3.93. The number of aryl methyl sites for hydroxylation is 1. The van der Waals surface area contributed by atoms with Crippen LogP contribution in [0.15, 0.2) is 29.3 Å². The maximum Gasteiger partial charge on any atom is 0.191 e. The first-order valence-corrected chi connectivity index (χ1v) is 9.24. The molecule has 2 rings (SSSR count). The number of nitrogens with zero attached hydrogens (tertiary/aromatic N) is 1. The van der Waals surface area contributed by atoms with Crippen LogP contribution in [-0.2, 0) is 15.9 Å². The minimum atomic E-state index is -0.178. The van der Waals surface area contributed by atoms with Gasteiger partial charge in [0.05, 0.1) is 12.7 Å². The van der Waals surface area contributed by atoms with Gasteiger partial charge in [0.25, 0.3) is 0 Å². The molecule has 1 fully saturated rings. The van der Waals surface area contributed by atoms with Crippen molar-refractivity contribution in [3.8, 4) is 0 Å². The molecule has 0 bridgehead atoms. The first-order chi connectivity index (χ1) is 12.3. The maximum absolute atomic E-state index is 13.1. The van der Waals surface area contributed by atoms with Crippen LogP contribution in [0, 0.1) is 5.82 Å². The Labute approximate surface area is 173 Å². The number of rotatable bonds is 10. The number of benzene rings is 1. The van der Waals surface area contributed by atoms with Gasteiger partial charge in [0.2, 0.25) is 0 Å². The third kappa shape index (κ3) is 9.68. The van der Waals surface area contributed by atoms with Crippen LogP contribution >= 0.6 is 24.0 Å². The maximum atomic E-state index is 13.1. The molecule has 0 aliphatic carbocycles. The zero-order valence-corrected chi connectivity index (χ0v) is 17.8. The van der Waals surface area contributed by atoms with Gasteiger partial charge in [-0.25, -0.2) is 4.39 Å². The number of guanidine groups is 1. The number of aliphatic imine (C=N–C) groups is 1. The van der Waals surface area contributed by atoms with Gasteiger partial charge in [-0.1, -0.05) is 12.1 Å². The zero-order chi connectivity index (χ0) is 17.7. The highest BCUT2D eigenvalue weighted by Crippen LogP contribution is 2.08. The average Bonchev–Trinajstić information content (AvgIpc) is 3.12. The Bertz CT molecular complexity index is 525. The van der Waals surface area contributed by atoms with E-state index in [4.69, 9.17) is 9.47 Å². The van der Waals surface area contributed by atoms with Gasteiger partial charge in [0.15, 0.2) is 5.96 Å². The van der Waals surface area contributed by atoms with Crippen molar-refractivity contribution in [1.82, 2.24) is 10.6 Å². The lowest BCUT2D eigenvalue weighted by molar-refractivity contribution is 0.0420. The Kier molecular flexibility index (Phi) is 12.6. The SMILES string of the molecule is CCNC(=NCCCc1cccc(F)c1)NCCCOC1CCOC1.I. The number of hydrogen-bond donors (Lipinski definition) is 2. The Balaban J connectivity index is 0.00000338. The molecule has 0 saturated carbocycles. The number of nitrogens with one attached hydrogen (secondary N) is 2. The van der Waals surface area contributed by atoms with Gasteiger partial charge >= 0.3 is 0 Å². The molecule has 1 aliphatic heterocycles. The van der Waals surface area contributed by atoms with Crippen molar-refractivity contribution >= 4 is 29.9 Å². The van der Waals surface area contributed by atoms with E-state index in [0.717, 1.165) is 70.1 Å². The summed E-state index contributed by atoms with van der Waals surface area (Å²) >= 11 is 0. The molecule has 7 heteroatoms. The van der Waals surface area contributed by atoms with Crippen molar-refractivity contribution in [3.63, 3.8) is 0 Å². The van der Waals surface area contributed by atoms with Crippen LogP contribution in [0.4, 0.5) is 4.39 Å². The van der Waals surface area contributed by atoms with E-state index in [1.54, 1.807) is 12.1 Å². The van der Waals surface area contributed by atoms with E-state index in [9.17, 15) is 4.39 Å². The van der Waals surface area contributed by atoms with E-state index in [1.807, 2.05) is 13.0 Å². The molecule has 1 heterocycles. The van der Waals surface area contributed by atoms with E-state index in [2.05, 4.69) is 15.6 Å². The topological polar surface area (TPSA) is 54.9 Å². The summed E-state index contributed by atoms with van der Waals surface area (Å²) in [7, 11) is 0. The van der Waals surface area contributed by atoms with Gasteiger partial charge in [-0.15, -0.1) is 24.0 Å². The predicted molar refractivity (Wildman–Crippen MR) is 114 cm³/mol. The average molecular weight is 479 g/mol. The minimum Gasteiger partial charge on any atom is -0.379 e. The van der Waals surface area contributed by atoms with Crippen LogP contribution in [0.1, 0.15) is 31.7 Å². The first-order valence-electron chi connectivity index (χ1n) is 9.24. The smallest absolute Gasteiger partial charge is 0.191 e. The molecule has 1 aliphatic rings. The molecule has 0 radical (unpaired) electrons. The molecule has 2 N–H and O–H groups in total. The van der Waals surface area contributed by atoms with Gasteiger partial charge in [-0.05, 0) is 50.3 Å². The molecule has 0 amide bonds. The van der Waals surface area contributed by atoms with Crippen molar-refractivity contribution < 1.29 is 13.9 Å². The summed E-state index contributed by atoms with van der Waals surface area (Å²) in [6, 6.07) is 6.76. The fraction of sp³-hybridized carbons (Fsp3) is 0.632. The molecular formula is C19H31FIN3O2. The van der Waals surface area contributed by atoms with Crippen molar-refractivity contribution in [2.75, 3.05) is 39.5 Å². The van der Waals surface area contributed by atoms with Crippen molar-refractivity contribution in [3.05, 3.63) is 35.6 Å². The summed E-state index contributed by atoms with van der Waals surface area (Å²) in [4.78, 5) is 4.57. The lowest BCUT2D eigenvalue weighted by atomic mass is 10.1. The predicted octanol–water partition coefficient (Wildman–Crippen LogP) is 3.13. The third-order valence-corrected chi connectivity index (χ3v) is 3.98. The highest BCUT2D eigenvalue weighted by atomic mass is 127. The molecule has 1 saturated heterocycles. The number of hydrogen-bond acceptors (Lipinski definition) is 3. The van der Waals surface area contributed by atoms with Gasteiger partial charge in [0.1, 0.15) is 5.82 Å². The molecule has 26 heavy (non-hydrogen) atoms. The first kappa shape index (κ1) is 23.1. The fourth-order valence-corrected chi connectivity index (χ4v) is 2.68. The van der Waals surface area contributed by atoms with Gasteiger partial charge in [-0.3, -0.25) is 4.99 Å². The van der Waals surface area contributed by atoms with Crippen LogP contribution in [-0.4, -0.2) is 51.5 Å². The van der Waals surface area contributed by atoms with Crippen molar-refractivity contribution in [2.24, 2.45) is 4.99 Å². The van der Waals surface area contributed by atoms with E-state index in [-0.39, 0.29) is 35.9 Å². The lowest BCUT2D eigenvalue weighted by Crippen LogP contribution is -2.38. The van der Waals surface area contributed by atoms with Crippen molar-refractivity contribution in [1.29, 1.82) is 0 Å². The minimum absolute atomic E-state index is 0. The quantitative estimate of drug-likeness (QED) is 0.235. The van der Waals surface area contributed by atoms with Crippen LogP contribution < -0.4 is 10.6 Å².